The smallest absolute Gasteiger partial charge is 0.307 e. The third kappa shape index (κ3) is 1.38. The maximum absolute atomic E-state index is 10.5. The van der Waals surface area contributed by atoms with Crippen molar-refractivity contribution in [3.05, 3.63) is 15.0 Å². The molecule has 1 aliphatic rings. The van der Waals surface area contributed by atoms with Crippen molar-refractivity contribution < 1.29 is 9.90 Å². The SMILES string of the molecule is O=C(O)C1CC1c1cnc(Br)s1. The predicted molar refractivity (Wildman–Crippen MR) is 48.3 cm³/mol. The minimum atomic E-state index is -0.690. The van der Waals surface area contributed by atoms with Gasteiger partial charge in [0.25, 0.3) is 0 Å². The first-order valence-electron chi connectivity index (χ1n) is 3.52. The lowest BCUT2D eigenvalue weighted by molar-refractivity contribution is -0.138. The Morgan fingerprint density at radius 3 is 3.00 bits per heavy atom. The number of halogens is 1. The van der Waals surface area contributed by atoms with Gasteiger partial charge in [-0.1, -0.05) is 0 Å². The average molecular weight is 248 g/mol. The Hall–Kier alpha value is -0.420. The number of carboxylic acid groups (broad SMARTS) is 1. The maximum atomic E-state index is 10.5. The highest BCUT2D eigenvalue weighted by Crippen LogP contribution is 2.49. The van der Waals surface area contributed by atoms with Gasteiger partial charge < -0.3 is 5.11 Å². The van der Waals surface area contributed by atoms with E-state index in [2.05, 4.69) is 20.9 Å². The molecule has 1 aliphatic carbocycles. The Bertz CT molecular complexity index is 325. The molecule has 2 unspecified atom stereocenters. The minimum absolute atomic E-state index is 0.169. The van der Waals surface area contributed by atoms with Crippen molar-refractivity contribution in [3.63, 3.8) is 0 Å². The minimum Gasteiger partial charge on any atom is -0.481 e. The first-order valence-corrected chi connectivity index (χ1v) is 5.13. The lowest BCUT2D eigenvalue weighted by Crippen LogP contribution is -1.97. The van der Waals surface area contributed by atoms with Crippen LogP contribution in [0.1, 0.15) is 17.2 Å². The molecule has 0 aliphatic heterocycles. The zero-order valence-electron chi connectivity index (χ0n) is 6.03. The maximum Gasteiger partial charge on any atom is 0.307 e. The van der Waals surface area contributed by atoms with Crippen molar-refractivity contribution >= 4 is 33.2 Å². The van der Waals surface area contributed by atoms with Crippen molar-refractivity contribution in [3.8, 4) is 0 Å². The molecule has 0 amide bonds. The molecule has 0 saturated heterocycles. The molecule has 0 aromatic carbocycles. The topological polar surface area (TPSA) is 50.2 Å². The number of hydrogen-bond acceptors (Lipinski definition) is 3. The summed E-state index contributed by atoms with van der Waals surface area (Å²) in [7, 11) is 0. The zero-order chi connectivity index (χ0) is 8.72. The van der Waals surface area contributed by atoms with Gasteiger partial charge in [-0.3, -0.25) is 4.79 Å². The normalized spacial score (nSPS) is 27.1. The van der Waals surface area contributed by atoms with Gasteiger partial charge in [-0.25, -0.2) is 4.98 Å². The molecule has 0 radical (unpaired) electrons. The summed E-state index contributed by atoms with van der Waals surface area (Å²) in [4.78, 5) is 15.6. The van der Waals surface area contributed by atoms with Crippen LogP contribution in [0.25, 0.3) is 0 Å². The van der Waals surface area contributed by atoms with Crippen LogP contribution in [0.15, 0.2) is 10.1 Å². The van der Waals surface area contributed by atoms with E-state index in [1.54, 1.807) is 6.20 Å². The molecule has 1 fully saturated rings. The van der Waals surface area contributed by atoms with Gasteiger partial charge in [0.05, 0.1) is 5.92 Å². The summed E-state index contributed by atoms with van der Waals surface area (Å²) in [6, 6.07) is 0. The van der Waals surface area contributed by atoms with Gasteiger partial charge >= 0.3 is 5.97 Å². The molecular weight excluding hydrogens is 242 g/mol. The van der Waals surface area contributed by atoms with Gasteiger partial charge in [-0.2, -0.15) is 0 Å². The molecule has 1 N–H and O–H groups in total. The third-order valence-corrected chi connectivity index (χ3v) is 3.58. The van der Waals surface area contributed by atoms with Gasteiger partial charge in [0.2, 0.25) is 0 Å². The lowest BCUT2D eigenvalue weighted by Gasteiger charge is -1.88. The molecule has 1 saturated carbocycles. The van der Waals surface area contributed by atoms with Gasteiger partial charge in [0.1, 0.15) is 0 Å². The van der Waals surface area contributed by atoms with Gasteiger partial charge in [0.15, 0.2) is 3.92 Å². The number of rotatable bonds is 2. The van der Waals surface area contributed by atoms with Crippen molar-refractivity contribution in [2.75, 3.05) is 0 Å². The quantitative estimate of drug-likeness (QED) is 0.871. The summed E-state index contributed by atoms with van der Waals surface area (Å²) >= 11 is 4.77. The average Bonchev–Trinajstić information content (AvgIpc) is 2.70. The number of hydrogen-bond donors (Lipinski definition) is 1. The fourth-order valence-corrected chi connectivity index (χ4v) is 2.70. The summed E-state index contributed by atoms with van der Waals surface area (Å²) in [5.74, 6) is -0.645. The molecule has 3 nitrogen and oxygen atoms in total. The molecule has 12 heavy (non-hydrogen) atoms. The molecule has 1 aromatic heterocycles. The first-order chi connectivity index (χ1) is 5.68. The first kappa shape index (κ1) is 8.19. The van der Waals surface area contributed by atoms with E-state index in [-0.39, 0.29) is 11.8 Å². The van der Waals surface area contributed by atoms with E-state index >= 15 is 0 Å². The third-order valence-electron chi connectivity index (χ3n) is 1.97. The standard InChI is InChI=1S/C7H6BrNO2S/c8-7-9-2-5(12-7)3-1-4(3)6(10)11/h2-4H,1H2,(H,10,11). The van der Waals surface area contributed by atoms with E-state index in [1.165, 1.54) is 11.3 Å². The van der Waals surface area contributed by atoms with Crippen LogP contribution in [0.4, 0.5) is 0 Å². The van der Waals surface area contributed by atoms with Crippen LogP contribution in [0, 0.1) is 5.92 Å². The van der Waals surface area contributed by atoms with Crippen molar-refractivity contribution in [2.45, 2.75) is 12.3 Å². The summed E-state index contributed by atoms with van der Waals surface area (Å²) < 4.78 is 0.827. The lowest BCUT2D eigenvalue weighted by atomic mass is 10.3. The molecule has 0 bridgehead atoms. The van der Waals surface area contributed by atoms with Crippen LogP contribution >= 0.6 is 27.3 Å². The zero-order valence-corrected chi connectivity index (χ0v) is 8.43. The summed E-state index contributed by atoms with van der Waals surface area (Å²) in [5.41, 5.74) is 0. The fourth-order valence-electron chi connectivity index (χ4n) is 1.22. The highest BCUT2D eigenvalue weighted by molar-refractivity contribution is 9.11. The van der Waals surface area contributed by atoms with E-state index in [1.807, 2.05) is 0 Å². The van der Waals surface area contributed by atoms with E-state index in [0.717, 1.165) is 15.2 Å². The van der Waals surface area contributed by atoms with E-state index in [0.29, 0.717) is 0 Å². The van der Waals surface area contributed by atoms with Crippen LogP contribution in [-0.4, -0.2) is 16.1 Å². The van der Waals surface area contributed by atoms with Gasteiger partial charge in [-0.05, 0) is 22.4 Å². The molecule has 1 aromatic rings. The molecule has 2 atom stereocenters. The van der Waals surface area contributed by atoms with Crippen molar-refractivity contribution in [1.82, 2.24) is 4.98 Å². The summed E-state index contributed by atoms with van der Waals surface area (Å²) in [6.07, 6.45) is 2.52. The highest BCUT2D eigenvalue weighted by atomic mass is 79.9. The molecule has 2 rings (SSSR count). The second-order valence-electron chi connectivity index (χ2n) is 2.80. The van der Waals surface area contributed by atoms with Crippen LogP contribution < -0.4 is 0 Å². The van der Waals surface area contributed by atoms with E-state index in [9.17, 15) is 4.79 Å². The fraction of sp³-hybridized carbons (Fsp3) is 0.429. The second kappa shape index (κ2) is 2.81. The Labute approximate surface area is 81.6 Å². The highest BCUT2D eigenvalue weighted by Gasteiger charge is 2.45. The Morgan fingerprint density at radius 1 is 1.83 bits per heavy atom. The molecule has 64 valence electrons. The molecule has 1 heterocycles. The monoisotopic (exact) mass is 247 g/mol. The predicted octanol–water partition coefficient (Wildman–Crippen LogP) is 2.09. The molecule has 0 spiro atoms. The largest absolute Gasteiger partial charge is 0.481 e. The number of aromatic nitrogens is 1. The number of aliphatic carboxylic acids is 1. The molecular formula is C7H6BrNO2S. The van der Waals surface area contributed by atoms with Gasteiger partial charge in [-0.15, -0.1) is 11.3 Å². The van der Waals surface area contributed by atoms with Crippen molar-refractivity contribution in [1.29, 1.82) is 0 Å². The number of carbonyl (C=O) groups is 1. The van der Waals surface area contributed by atoms with Crippen LogP contribution in [-0.2, 0) is 4.79 Å². The number of carboxylic acids is 1. The van der Waals surface area contributed by atoms with Crippen molar-refractivity contribution in [2.24, 2.45) is 5.92 Å². The van der Waals surface area contributed by atoms with Crippen LogP contribution in [0.5, 0.6) is 0 Å². The Balaban J connectivity index is 2.10. The van der Waals surface area contributed by atoms with Crippen LogP contribution in [0.3, 0.4) is 0 Å². The van der Waals surface area contributed by atoms with Gasteiger partial charge in [0, 0.05) is 17.0 Å². The second-order valence-corrected chi connectivity index (χ2v) is 5.14. The molecule has 5 heteroatoms. The number of nitrogens with zero attached hydrogens (tertiary/aromatic N) is 1. The van der Waals surface area contributed by atoms with E-state index < -0.39 is 5.97 Å². The Kier molecular flexibility index (Phi) is 1.92. The number of thiazole rings is 1. The Morgan fingerprint density at radius 2 is 2.58 bits per heavy atom. The van der Waals surface area contributed by atoms with E-state index in [4.69, 9.17) is 5.11 Å². The summed E-state index contributed by atoms with van der Waals surface area (Å²) in [6.45, 7) is 0. The van der Waals surface area contributed by atoms with Crippen LogP contribution in [0.2, 0.25) is 0 Å². The summed E-state index contributed by atoms with van der Waals surface area (Å²) in [5, 5.41) is 8.66.